The van der Waals surface area contributed by atoms with Gasteiger partial charge in [-0.05, 0) is 67.6 Å². The third-order valence-corrected chi connectivity index (χ3v) is 10.1. The fraction of sp³-hybridized carbons (Fsp3) is 0.351. The van der Waals surface area contributed by atoms with Crippen LogP contribution in [-0.4, -0.2) is 82.5 Å². The number of hydrogen-bond acceptors (Lipinski definition) is 8. The summed E-state index contributed by atoms with van der Waals surface area (Å²) in [6.07, 6.45) is 0.819. The number of ether oxygens (including phenoxy) is 1. The molecule has 6 rings (SSSR count). The topological polar surface area (TPSA) is 124 Å². The van der Waals surface area contributed by atoms with Gasteiger partial charge in [-0.15, -0.1) is 11.3 Å². The molecule has 2 aliphatic heterocycles. The lowest BCUT2D eigenvalue weighted by Gasteiger charge is -2.38. The van der Waals surface area contributed by atoms with Crippen LogP contribution in [0.15, 0.2) is 84.2 Å². The Balaban J connectivity index is 1.18. The average Bonchev–Trinajstić information content (AvgIpc) is 3.78. The number of hydrogen-bond donors (Lipinski definition) is 3. The lowest BCUT2D eigenvalue weighted by atomic mass is 9.94. The minimum absolute atomic E-state index is 0.0797. The van der Waals surface area contributed by atoms with Gasteiger partial charge in [-0.1, -0.05) is 48.5 Å². The minimum Gasteiger partial charge on any atom is -0.497 e. The first kappa shape index (κ1) is 33.3. The van der Waals surface area contributed by atoms with Gasteiger partial charge in [0.15, 0.2) is 0 Å². The maximum atomic E-state index is 13.8. The van der Waals surface area contributed by atoms with Crippen LogP contribution < -0.4 is 15.4 Å². The number of nitrogens with zero attached hydrogens (tertiary/aromatic N) is 3. The van der Waals surface area contributed by atoms with E-state index in [1.54, 1.807) is 47.6 Å². The van der Waals surface area contributed by atoms with Crippen molar-refractivity contribution in [2.24, 2.45) is 0 Å². The molecule has 0 aliphatic carbocycles. The second kappa shape index (κ2) is 15.1. The molecule has 0 bridgehead atoms. The molecule has 10 nitrogen and oxygen atoms in total. The molecule has 250 valence electrons. The number of likely N-dealkylation sites (tertiary alicyclic amines) is 1. The van der Waals surface area contributed by atoms with Gasteiger partial charge in [-0.3, -0.25) is 14.4 Å². The zero-order valence-corrected chi connectivity index (χ0v) is 28.0. The first-order chi connectivity index (χ1) is 23.3. The molecule has 3 aromatic carbocycles. The number of carbonyl (C=O) groups excluding carboxylic acids is 3. The third kappa shape index (κ3) is 7.59. The van der Waals surface area contributed by atoms with Gasteiger partial charge in [0.05, 0.1) is 25.3 Å². The standard InChI is InChI=1S/C37H41N5O5S/c1-24-23-48-35(39-24)31-12-7-18-42(31)36(45)28-11-6-10-27(21-28)34(44)40-30(20-25-8-4-3-5-9-25)33(43)32-37(46)41(19-17-38-32)22-26-13-15-29(47-2)16-14-26/h3-6,8-11,13-16,21,23,30-33,38,43H,7,12,17-20,22H2,1-2H3,(H,40,44)/t30-,31+,32-,33-/m0/s1. The van der Waals surface area contributed by atoms with Crippen LogP contribution in [0.25, 0.3) is 0 Å². The second-order valence-corrected chi connectivity index (χ2v) is 13.3. The van der Waals surface area contributed by atoms with E-state index in [0.29, 0.717) is 43.7 Å². The minimum atomic E-state index is -1.22. The van der Waals surface area contributed by atoms with Gasteiger partial charge >= 0.3 is 0 Å². The lowest BCUT2D eigenvalue weighted by molar-refractivity contribution is -0.140. The zero-order valence-electron chi connectivity index (χ0n) is 27.2. The van der Waals surface area contributed by atoms with Crippen LogP contribution in [0.5, 0.6) is 5.75 Å². The van der Waals surface area contributed by atoms with Gasteiger partial charge in [0.2, 0.25) is 5.91 Å². The Hall–Kier alpha value is -4.58. The van der Waals surface area contributed by atoms with Crippen molar-refractivity contribution in [1.29, 1.82) is 0 Å². The van der Waals surface area contributed by atoms with E-state index in [-0.39, 0.29) is 17.9 Å². The van der Waals surface area contributed by atoms with E-state index in [9.17, 15) is 19.5 Å². The number of rotatable bonds is 11. The fourth-order valence-electron chi connectivity index (χ4n) is 6.48. The summed E-state index contributed by atoms with van der Waals surface area (Å²) in [5.74, 6) is -0.0783. The number of carbonyl (C=O) groups is 3. The Kier molecular flexibility index (Phi) is 10.5. The van der Waals surface area contributed by atoms with Crippen LogP contribution in [-0.2, 0) is 17.8 Å². The summed E-state index contributed by atoms with van der Waals surface area (Å²) < 4.78 is 5.25. The Morgan fingerprint density at radius 2 is 1.81 bits per heavy atom. The largest absolute Gasteiger partial charge is 0.497 e. The Morgan fingerprint density at radius 1 is 1.04 bits per heavy atom. The summed E-state index contributed by atoms with van der Waals surface area (Å²) >= 11 is 1.57. The number of aryl methyl sites for hydroxylation is 1. The molecule has 3 N–H and O–H groups in total. The molecule has 0 unspecified atom stereocenters. The van der Waals surface area contributed by atoms with E-state index in [4.69, 9.17) is 4.74 Å². The molecule has 2 fully saturated rings. The van der Waals surface area contributed by atoms with Gasteiger partial charge in [-0.2, -0.15) is 0 Å². The molecule has 2 aliphatic rings. The summed E-state index contributed by atoms with van der Waals surface area (Å²) in [6.45, 7) is 3.96. The number of aliphatic hydroxyl groups excluding tert-OH is 1. The van der Waals surface area contributed by atoms with Gasteiger partial charge in [0.25, 0.3) is 11.8 Å². The summed E-state index contributed by atoms with van der Waals surface area (Å²) in [5.41, 5.74) is 3.51. The smallest absolute Gasteiger partial charge is 0.254 e. The fourth-order valence-corrected chi connectivity index (χ4v) is 7.43. The Morgan fingerprint density at radius 3 is 2.54 bits per heavy atom. The van der Waals surface area contributed by atoms with Crippen molar-refractivity contribution in [3.63, 3.8) is 0 Å². The normalized spacial score (nSPS) is 19.2. The number of methoxy groups -OCH3 is 1. The number of nitrogens with one attached hydrogen (secondary N) is 2. The average molecular weight is 668 g/mol. The van der Waals surface area contributed by atoms with Crippen molar-refractivity contribution in [3.05, 3.63) is 117 Å². The molecule has 11 heteroatoms. The molecule has 48 heavy (non-hydrogen) atoms. The Bertz CT molecular complexity index is 1730. The molecular weight excluding hydrogens is 627 g/mol. The summed E-state index contributed by atoms with van der Waals surface area (Å²) in [5, 5.41) is 20.8. The van der Waals surface area contributed by atoms with E-state index in [1.807, 2.05) is 71.8 Å². The number of aliphatic hydroxyl groups is 1. The number of thiazole rings is 1. The molecular formula is C37H41N5O5S. The maximum absolute atomic E-state index is 13.8. The van der Waals surface area contributed by atoms with Crippen molar-refractivity contribution in [3.8, 4) is 5.75 Å². The number of benzene rings is 3. The SMILES string of the molecule is COc1ccc(CN2CCN[C@@H]([C@@H](O)[C@H](Cc3ccccc3)NC(=O)c3cccc(C(=O)N4CCC[C@@H]4c4nc(C)cs4)c3)C2=O)cc1. The molecule has 4 atom stereocenters. The highest BCUT2D eigenvalue weighted by atomic mass is 32.1. The van der Waals surface area contributed by atoms with E-state index < -0.39 is 24.1 Å². The van der Waals surface area contributed by atoms with E-state index >= 15 is 0 Å². The van der Waals surface area contributed by atoms with Crippen LogP contribution >= 0.6 is 11.3 Å². The van der Waals surface area contributed by atoms with Gasteiger partial charge in [0, 0.05) is 48.4 Å². The second-order valence-electron chi connectivity index (χ2n) is 12.4. The number of piperazine rings is 1. The predicted molar refractivity (Wildman–Crippen MR) is 184 cm³/mol. The zero-order chi connectivity index (χ0) is 33.6. The van der Waals surface area contributed by atoms with Crippen LogP contribution in [0, 0.1) is 6.92 Å². The van der Waals surface area contributed by atoms with Gasteiger partial charge in [0.1, 0.15) is 16.8 Å². The highest BCUT2D eigenvalue weighted by Gasteiger charge is 2.39. The van der Waals surface area contributed by atoms with Gasteiger partial charge < -0.3 is 30.3 Å². The first-order valence-corrected chi connectivity index (χ1v) is 17.2. The maximum Gasteiger partial charge on any atom is 0.254 e. The molecule has 0 spiro atoms. The quantitative estimate of drug-likeness (QED) is 0.220. The molecule has 1 aromatic heterocycles. The molecule has 4 aromatic rings. The number of aromatic nitrogens is 1. The van der Waals surface area contributed by atoms with Crippen molar-refractivity contribution in [1.82, 2.24) is 25.4 Å². The molecule has 2 saturated heterocycles. The first-order valence-electron chi connectivity index (χ1n) is 16.3. The number of amides is 3. The summed E-state index contributed by atoms with van der Waals surface area (Å²) in [4.78, 5) is 49.4. The van der Waals surface area contributed by atoms with Gasteiger partial charge in [-0.25, -0.2) is 4.98 Å². The van der Waals surface area contributed by atoms with Crippen LogP contribution in [0.3, 0.4) is 0 Å². The van der Waals surface area contributed by atoms with Crippen LogP contribution in [0.4, 0.5) is 0 Å². The summed E-state index contributed by atoms with van der Waals surface area (Å²) in [7, 11) is 1.61. The van der Waals surface area contributed by atoms with Crippen molar-refractivity contribution in [2.45, 2.75) is 57.0 Å². The van der Waals surface area contributed by atoms with Crippen LogP contribution in [0.2, 0.25) is 0 Å². The van der Waals surface area contributed by atoms with Crippen molar-refractivity contribution >= 4 is 29.1 Å². The predicted octanol–water partition coefficient (Wildman–Crippen LogP) is 4.14. The lowest BCUT2D eigenvalue weighted by Crippen LogP contribution is -2.63. The van der Waals surface area contributed by atoms with Crippen LogP contribution in [0.1, 0.15) is 61.4 Å². The van der Waals surface area contributed by atoms with E-state index in [1.165, 1.54) is 0 Å². The highest BCUT2D eigenvalue weighted by Crippen LogP contribution is 2.35. The van der Waals surface area contributed by atoms with Crippen molar-refractivity contribution < 1.29 is 24.2 Å². The third-order valence-electron chi connectivity index (χ3n) is 9.03. The van der Waals surface area contributed by atoms with Crippen molar-refractivity contribution in [2.75, 3.05) is 26.7 Å². The monoisotopic (exact) mass is 667 g/mol. The van der Waals surface area contributed by atoms with E-state index in [2.05, 4.69) is 15.6 Å². The molecule has 3 heterocycles. The Labute approximate surface area is 284 Å². The summed E-state index contributed by atoms with van der Waals surface area (Å²) in [6, 6.07) is 22.0. The van der Waals surface area contributed by atoms with E-state index in [0.717, 1.165) is 40.4 Å². The molecule has 0 saturated carbocycles. The molecule has 3 amide bonds. The molecule has 0 radical (unpaired) electrons. The highest BCUT2D eigenvalue weighted by molar-refractivity contribution is 7.09.